The van der Waals surface area contributed by atoms with Gasteiger partial charge < -0.3 is 9.47 Å². The van der Waals surface area contributed by atoms with Gasteiger partial charge in [0.1, 0.15) is 6.04 Å². The molecule has 102 valence electrons. The second-order valence-electron chi connectivity index (χ2n) is 4.27. The van der Waals surface area contributed by atoms with Crippen LogP contribution in [-0.4, -0.2) is 50.2 Å². The lowest BCUT2D eigenvalue weighted by Gasteiger charge is -2.36. The van der Waals surface area contributed by atoms with Crippen molar-refractivity contribution < 1.29 is 19.1 Å². The Kier molecular flexibility index (Phi) is 5.81. The van der Waals surface area contributed by atoms with E-state index >= 15 is 0 Å². The first kappa shape index (κ1) is 15.2. The molecular weight excluding hydrogens is 302 g/mol. The maximum Gasteiger partial charge on any atom is 0.323 e. The largest absolute Gasteiger partial charge is 0.469 e. The van der Waals surface area contributed by atoms with E-state index < -0.39 is 6.04 Å². The molecule has 0 aromatic rings. The lowest BCUT2D eigenvalue weighted by atomic mass is 9.91. The van der Waals surface area contributed by atoms with Gasteiger partial charge in [0.15, 0.2) is 0 Å². The smallest absolute Gasteiger partial charge is 0.323 e. The lowest BCUT2D eigenvalue weighted by molar-refractivity contribution is -0.154. The third-order valence-electron chi connectivity index (χ3n) is 3.10. The van der Waals surface area contributed by atoms with Crippen LogP contribution in [-0.2, 0) is 19.1 Å². The van der Waals surface area contributed by atoms with Crippen LogP contribution in [0.15, 0.2) is 11.1 Å². The van der Waals surface area contributed by atoms with Crippen LogP contribution in [0.25, 0.3) is 0 Å². The maximum atomic E-state index is 11.8. The number of esters is 2. The Bertz CT molecular complexity index is 345. The Hall–Kier alpha value is -0.880. The molecule has 1 fully saturated rings. The fourth-order valence-corrected chi connectivity index (χ4v) is 2.51. The first-order valence-corrected chi connectivity index (χ1v) is 6.51. The van der Waals surface area contributed by atoms with Crippen molar-refractivity contribution in [3.05, 3.63) is 11.1 Å². The zero-order chi connectivity index (χ0) is 13.7. The van der Waals surface area contributed by atoms with Crippen LogP contribution in [0, 0.1) is 5.92 Å². The Morgan fingerprint density at radius 3 is 2.44 bits per heavy atom. The Balaban J connectivity index is 2.75. The molecular formula is C12H18BrNO4. The van der Waals surface area contributed by atoms with Gasteiger partial charge >= 0.3 is 11.9 Å². The van der Waals surface area contributed by atoms with Crippen molar-refractivity contribution in [3.8, 4) is 0 Å². The molecule has 0 bridgehead atoms. The van der Waals surface area contributed by atoms with Crippen LogP contribution in [0.2, 0.25) is 0 Å². The molecule has 5 nitrogen and oxygen atoms in total. The summed E-state index contributed by atoms with van der Waals surface area (Å²) < 4.78 is 10.3. The molecule has 0 unspecified atom stereocenters. The van der Waals surface area contributed by atoms with Crippen molar-refractivity contribution >= 4 is 27.9 Å². The van der Waals surface area contributed by atoms with E-state index in [1.54, 1.807) is 0 Å². The summed E-state index contributed by atoms with van der Waals surface area (Å²) in [4.78, 5) is 25.2. The standard InChI is InChI=1S/C12H18BrNO4/c1-8(13)7-14-5-4-9(11(15)17-2)6-10(14)12(16)18-3/h9-10H,1,4-7H2,2-3H3/t9-,10+/m0/s1. The molecule has 18 heavy (non-hydrogen) atoms. The molecule has 1 heterocycles. The van der Waals surface area contributed by atoms with E-state index in [9.17, 15) is 9.59 Å². The van der Waals surface area contributed by atoms with Crippen LogP contribution in [0.4, 0.5) is 0 Å². The van der Waals surface area contributed by atoms with Crippen molar-refractivity contribution in [2.24, 2.45) is 5.92 Å². The molecule has 0 saturated carbocycles. The summed E-state index contributed by atoms with van der Waals surface area (Å²) in [5.41, 5.74) is 0. The number of piperidine rings is 1. The number of rotatable bonds is 4. The molecule has 1 saturated heterocycles. The average Bonchev–Trinajstić information content (AvgIpc) is 2.36. The van der Waals surface area contributed by atoms with E-state index in [0.717, 1.165) is 4.48 Å². The van der Waals surface area contributed by atoms with Crippen LogP contribution < -0.4 is 0 Å². The summed E-state index contributed by atoms with van der Waals surface area (Å²) in [6.45, 7) is 4.98. The van der Waals surface area contributed by atoms with E-state index in [0.29, 0.717) is 25.9 Å². The molecule has 0 spiro atoms. The third-order valence-corrected chi connectivity index (χ3v) is 3.35. The van der Waals surface area contributed by atoms with Crippen LogP contribution in [0.1, 0.15) is 12.8 Å². The Morgan fingerprint density at radius 1 is 1.33 bits per heavy atom. The molecule has 0 radical (unpaired) electrons. The van der Waals surface area contributed by atoms with E-state index in [1.807, 2.05) is 4.90 Å². The number of likely N-dealkylation sites (tertiary alicyclic amines) is 1. The molecule has 0 amide bonds. The molecule has 2 atom stereocenters. The van der Waals surface area contributed by atoms with E-state index in [4.69, 9.17) is 9.47 Å². The highest BCUT2D eigenvalue weighted by Crippen LogP contribution is 2.26. The SMILES string of the molecule is C=C(Br)CN1CC[C@H](C(=O)OC)C[C@@H]1C(=O)OC. The molecule has 6 heteroatoms. The quantitative estimate of drug-likeness (QED) is 0.731. The van der Waals surface area contributed by atoms with Gasteiger partial charge in [0, 0.05) is 17.6 Å². The summed E-state index contributed by atoms with van der Waals surface area (Å²) in [6, 6.07) is -0.415. The number of methoxy groups -OCH3 is 2. The first-order chi connectivity index (χ1) is 8.49. The van der Waals surface area contributed by atoms with Crippen molar-refractivity contribution in [1.29, 1.82) is 0 Å². The summed E-state index contributed by atoms with van der Waals surface area (Å²) >= 11 is 3.29. The maximum absolute atomic E-state index is 11.8. The van der Waals surface area contributed by atoms with Gasteiger partial charge in [-0.05, 0) is 12.8 Å². The molecule has 0 aromatic heterocycles. The highest BCUT2D eigenvalue weighted by Gasteiger charge is 2.37. The Morgan fingerprint density at radius 2 is 1.94 bits per heavy atom. The average molecular weight is 320 g/mol. The number of ether oxygens (including phenoxy) is 2. The highest BCUT2D eigenvalue weighted by molar-refractivity contribution is 9.11. The van der Waals surface area contributed by atoms with Crippen molar-refractivity contribution in [3.63, 3.8) is 0 Å². The normalized spacial score (nSPS) is 24.4. The summed E-state index contributed by atoms with van der Waals surface area (Å²) in [5, 5.41) is 0. The van der Waals surface area contributed by atoms with E-state index in [2.05, 4.69) is 22.5 Å². The molecule has 0 aromatic carbocycles. The minimum Gasteiger partial charge on any atom is -0.469 e. The summed E-state index contributed by atoms with van der Waals surface area (Å²) in [7, 11) is 2.72. The first-order valence-electron chi connectivity index (χ1n) is 5.72. The molecule has 0 aliphatic carbocycles. The summed E-state index contributed by atoms with van der Waals surface area (Å²) in [6.07, 6.45) is 1.11. The highest BCUT2D eigenvalue weighted by atomic mass is 79.9. The number of carbonyl (C=O) groups is 2. The number of carbonyl (C=O) groups excluding carboxylic acids is 2. The zero-order valence-corrected chi connectivity index (χ0v) is 12.2. The van der Waals surface area contributed by atoms with E-state index in [1.165, 1.54) is 14.2 Å². The second kappa shape index (κ2) is 6.89. The minimum absolute atomic E-state index is 0.237. The minimum atomic E-state index is -0.415. The van der Waals surface area contributed by atoms with Gasteiger partial charge in [0.05, 0.1) is 20.1 Å². The predicted molar refractivity (Wildman–Crippen MR) is 70.2 cm³/mol. The predicted octanol–water partition coefficient (Wildman–Crippen LogP) is 1.32. The lowest BCUT2D eigenvalue weighted by Crippen LogP contribution is -2.49. The fourth-order valence-electron chi connectivity index (χ4n) is 2.19. The van der Waals surface area contributed by atoms with Crippen LogP contribution in [0.5, 0.6) is 0 Å². The number of hydrogen-bond donors (Lipinski definition) is 0. The zero-order valence-electron chi connectivity index (χ0n) is 10.6. The number of nitrogens with zero attached hydrogens (tertiary/aromatic N) is 1. The number of hydrogen-bond acceptors (Lipinski definition) is 5. The monoisotopic (exact) mass is 319 g/mol. The van der Waals surface area contributed by atoms with Gasteiger partial charge in [-0.3, -0.25) is 14.5 Å². The van der Waals surface area contributed by atoms with Crippen molar-refractivity contribution in [2.75, 3.05) is 27.3 Å². The van der Waals surface area contributed by atoms with Gasteiger partial charge in [-0.25, -0.2) is 0 Å². The van der Waals surface area contributed by atoms with Crippen molar-refractivity contribution in [2.45, 2.75) is 18.9 Å². The molecule has 1 aliphatic heterocycles. The molecule has 1 aliphatic rings. The van der Waals surface area contributed by atoms with Gasteiger partial charge in [0.2, 0.25) is 0 Å². The fraction of sp³-hybridized carbons (Fsp3) is 0.667. The molecule has 0 N–H and O–H groups in total. The van der Waals surface area contributed by atoms with Gasteiger partial charge in [-0.1, -0.05) is 22.5 Å². The van der Waals surface area contributed by atoms with Crippen molar-refractivity contribution in [1.82, 2.24) is 4.90 Å². The van der Waals surface area contributed by atoms with Crippen LogP contribution >= 0.6 is 15.9 Å². The topological polar surface area (TPSA) is 55.8 Å². The summed E-state index contributed by atoms with van der Waals surface area (Å²) in [5.74, 6) is -0.822. The van der Waals surface area contributed by atoms with E-state index in [-0.39, 0.29) is 17.9 Å². The molecule has 1 rings (SSSR count). The van der Waals surface area contributed by atoms with Crippen LogP contribution in [0.3, 0.4) is 0 Å². The Labute approximate surface area is 115 Å². The van der Waals surface area contributed by atoms with Gasteiger partial charge in [-0.15, -0.1) is 0 Å². The number of halogens is 1. The van der Waals surface area contributed by atoms with Gasteiger partial charge in [0.25, 0.3) is 0 Å². The third kappa shape index (κ3) is 3.81. The second-order valence-corrected chi connectivity index (χ2v) is 5.39. The van der Waals surface area contributed by atoms with Gasteiger partial charge in [-0.2, -0.15) is 0 Å².